The Bertz CT molecular complexity index is 488. The van der Waals surface area contributed by atoms with E-state index in [1.54, 1.807) is 0 Å². The van der Waals surface area contributed by atoms with Gasteiger partial charge in [-0.25, -0.2) is 4.39 Å². The number of nitrogens with two attached hydrogens (primary N) is 1. The third-order valence-electron chi connectivity index (χ3n) is 3.40. The molecule has 1 saturated carbocycles. The summed E-state index contributed by atoms with van der Waals surface area (Å²) in [6.07, 6.45) is 2.10. The molecule has 1 atom stereocenters. The SMILES string of the molecule is COC(CN)CC(=O)Nc1ccc(F)cc1OCC1CC1. The average Bonchev–Trinajstić information content (AvgIpc) is 3.29. The molecular formula is C15H21FN2O3. The van der Waals surface area contributed by atoms with Crippen LogP contribution in [0.4, 0.5) is 10.1 Å². The molecule has 6 heteroatoms. The van der Waals surface area contributed by atoms with Crippen molar-refractivity contribution in [1.82, 2.24) is 0 Å². The van der Waals surface area contributed by atoms with Gasteiger partial charge in [-0.3, -0.25) is 4.79 Å². The lowest BCUT2D eigenvalue weighted by Gasteiger charge is -2.15. The Hall–Kier alpha value is -1.66. The highest BCUT2D eigenvalue weighted by Gasteiger charge is 2.23. The van der Waals surface area contributed by atoms with Gasteiger partial charge in [-0.1, -0.05) is 0 Å². The summed E-state index contributed by atoms with van der Waals surface area (Å²) >= 11 is 0. The molecule has 0 aliphatic heterocycles. The summed E-state index contributed by atoms with van der Waals surface area (Å²) in [6, 6.07) is 4.07. The minimum Gasteiger partial charge on any atom is -0.491 e. The number of ether oxygens (including phenoxy) is 2. The molecule has 0 aromatic heterocycles. The number of nitrogens with one attached hydrogen (secondary N) is 1. The maximum absolute atomic E-state index is 13.3. The molecule has 0 saturated heterocycles. The maximum atomic E-state index is 13.3. The van der Waals surface area contributed by atoms with Gasteiger partial charge >= 0.3 is 0 Å². The van der Waals surface area contributed by atoms with Crippen molar-refractivity contribution in [3.05, 3.63) is 24.0 Å². The lowest BCUT2D eigenvalue weighted by molar-refractivity contribution is -0.118. The molecule has 0 radical (unpaired) electrons. The van der Waals surface area contributed by atoms with Gasteiger partial charge in [0.1, 0.15) is 11.6 Å². The summed E-state index contributed by atoms with van der Waals surface area (Å²) in [4.78, 5) is 11.9. The standard InChI is InChI=1S/C15H21FN2O3/c1-20-12(8-17)7-15(19)18-13-5-4-11(16)6-14(13)21-9-10-2-3-10/h4-6,10,12H,2-3,7-9,17H2,1H3,(H,18,19). The number of carbonyl (C=O) groups is 1. The number of benzene rings is 1. The van der Waals surface area contributed by atoms with Crippen LogP contribution in [0.3, 0.4) is 0 Å². The molecule has 1 fully saturated rings. The highest BCUT2D eigenvalue weighted by Crippen LogP contribution is 2.32. The summed E-state index contributed by atoms with van der Waals surface area (Å²) in [5.74, 6) is 0.273. The summed E-state index contributed by atoms with van der Waals surface area (Å²) in [5, 5.41) is 2.71. The van der Waals surface area contributed by atoms with Crippen molar-refractivity contribution in [2.24, 2.45) is 11.7 Å². The van der Waals surface area contributed by atoms with Crippen molar-refractivity contribution in [3.63, 3.8) is 0 Å². The van der Waals surface area contributed by atoms with Crippen molar-refractivity contribution < 1.29 is 18.7 Å². The minimum absolute atomic E-state index is 0.145. The van der Waals surface area contributed by atoms with Crippen LogP contribution in [-0.2, 0) is 9.53 Å². The van der Waals surface area contributed by atoms with Crippen LogP contribution in [0.2, 0.25) is 0 Å². The molecule has 21 heavy (non-hydrogen) atoms. The summed E-state index contributed by atoms with van der Waals surface area (Å²) < 4.78 is 24.0. The molecule has 2 rings (SSSR count). The van der Waals surface area contributed by atoms with E-state index in [0.717, 1.165) is 12.8 Å². The van der Waals surface area contributed by atoms with E-state index in [0.29, 0.717) is 24.0 Å². The molecule has 1 unspecified atom stereocenters. The fraction of sp³-hybridized carbons (Fsp3) is 0.533. The first-order chi connectivity index (χ1) is 10.1. The molecule has 3 N–H and O–H groups in total. The Morgan fingerprint density at radius 2 is 2.29 bits per heavy atom. The van der Waals surface area contributed by atoms with Gasteiger partial charge in [-0.2, -0.15) is 0 Å². The Balaban J connectivity index is 1.98. The van der Waals surface area contributed by atoms with Crippen LogP contribution < -0.4 is 15.8 Å². The van der Waals surface area contributed by atoms with Gasteiger partial charge in [0.05, 0.1) is 24.8 Å². The van der Waals surface area contributed by atoms with Gasteiger partial charge in [-0.05, 0) is 30.9 Å². The van der Waals surface area contributed by atoms with E-state index in [-0.39, 0.29) is 25.0 Å². The fourth-order valence-electron chi connectivity index (χ4n) is 1.88. The number of methoxy groups -OCH3 is 1. The lowest BCUT2D eigenvalue weighted by atomic mass is 10.2. The highest BCUT2D eigenvalue weighted by atomic mass is 19.1. The second-order valence-electron chi connectivity index (χ2n) is 5.24. The van der Waals surface area contributed by atoms with E-state index in [2.05, 4.69) is 5.32 Å². The van der Waals surface area contributed by atoms with Crippen LogP contribution in [0.5, 0.6) is 5.75 Å². The summed E-state index contributed by atoms with van der Waals surface area (Å²) in [7, 11) is 1.51. The van der Waals surface area contributed by atoms with Gasteiger partial charge in [0.15, 0.2) is 0 Å². The molecule has 1 aromatic carbocycles. The minimum atomic E-state index is -0.393. The molecule has 1 amide bonds. The van der Waals surface area contributed by atoms with Gasteiger partial charge < -0.3 is 20.5 Å². The van der Waals surface area contributed by atoms with Crippen molar-refractivity contribution in [2.75, 3.05) is 25.6 Å². The van der Waals surface area contributed by atoms with Crippen LogP contribution in [0, 0.1) is 11.7 Å². The molecule has 116 valence electrons. The third-order valence-corrected chi connectivity index (χ3v) is 3.40. The molecule has 0 bridgehead atoms. The number of carbonyl (C=O) groups excluding carboxylic acids is 1. The van der Waals surface area contributed by atoms with E-state index in [1.165, 1.54) is 25.3 Å². The van der Waals surface area contributed by atoms with Crippen molar-refractivity contribution in [1.29, 1.82) is 0 Å². The Labute approximate surface area is 123 Å². The van der Waals surface area contributed by atoms with Crippen LogP contribution in [0.1, 0.15) is 19.3 Å². The normalized spacial score (nSPS) is 15.6. The highest BCUT2D eigenvalue weighted by molar-refractivity contribution is 5.92. The van der Waals surface area contributed by atoms with Gasteiger partial charge in [-0.15, -0.1) is 0 Å². The van der Waals surface area contributed by atoms with Crippen molar-refractivity contribution >= 4 is 11.6 Å². The average molecular weight is 296 g/mol. The molecule has 0 spiro atoms. The molecular weight excluding hydrogens is 275 g/mol. The zero-order valence-corrected chi connectivity index (χ0v) is 12.1. The van der Waals surface area contributed by atoms with E-state index < -0.39 is 5.82 Å². The maximum Gasteiger partial charge on any atom is 0.227 e. The molecule has 1 aliphatic rings. The van der Waals surface area contributed by atoms with E-state index in [1.807, 2.05) is 0 Å². The number of hydrogen-bond acceptors (Lipinski definition) is 4. The van der Waals surface area contributed by atoms with Crippen molar-refractivity contribution in [3.8, 4) is 5.75 Å². The van der Waals surface area contributed by atoms with Crippen LogP contribution >= 0.6 is 0 Å². The zero-order valence-electron chi connectivity index (χ0n) is 12.1. The predicted octanol–water partition coefficient (Wildman–Crippen LogP) is 1.92. The number of amides is 1. The van der Waals surface area contributed by atoms with E-state index in [9.17, 15) is 9.18 Å². The molecule has 1 aromatic rings. The monoisotopic (exact) mass is 296 g/mol. The lowest BCUT2D eigenvalue weighted by Crippen LogP contribution is -2.28. The van der Waals surface area contributed by atoms with Crippen LogP contribution in [0.15, 0.2) is 18.2 Å². The zero-order chi connectivity index (χ0) is 15.2. The number of rotatable bonds is 8. The van der Waals surface area contributed by atoms with Crippen molar-refractivity contribution in [2.45, 2.75) is 25.4 Å². The predicted molar refractivity (Wildman–Crippen MR) is 77.7 cm³/mol. The van der Waals surface area contributed by atoms with E-state index in [4.69, 9.17) is 15.2 Å². The van der Waals surface area contributed by atoms with Gasteiger partial charge in [0.25, 0.3) is 0 Å². The fourth-order valence-corrected chi connectivity index (χ4v) is 1.88. The molecule has 0 heterocycles. The quantitative estimate of drug-likeness (QED) is 0.768. The van der Waals surface area contributed by atoms with Gasteiger partial charge in [0, 0.05) is 19.7 Å². The number of hydrogen-bond donors (Lipinski definition) is 2. The topological polar surface area (TPSA) is 73.6 Å². The Kier molecular flexibility index (Phi) is 5.52. The van der Waals surface area contributed by atoms with Crippen LogP contribution in [-0.4, -0.2) is 32.3 Å². The number of anilines is 1. The van der Waals surface area contributed by atoms with Crippen LogP contribution in [0.25, 0.3) is 0 Å². The van der Waals surface area contributed by atoms with E-state index >= 15 is 0 Å². The molecule has 5 nitrogen and oxygen atoms in total. The Morgan fingerprint density at radius 1 is 1.52 bits per heavy atom. The number of halogens is 1. The molecule has 1 aliphatic carbocycles. The first-order valence-electron chi connectivity index (χ1n) is 7.07. The summed E-state index contributed by atoms with van der Waals surface area (Å²) in [6.45, 7) is 0.814. The first kappa shape index (κ1) is 15.7. The smallest absolute Gasteiger partial charge is 0.227 e. The second kappa shape index (κ2) is 7.38. The largest absolute Gasteiger partial charge is 0.491 e. The van der Waals surface area contributed by atoms with Gasteiger partial charge in [0.2, 0.25) is 5.91 Å². The third kappa shape index (κ3) is 4.99. The Morgan fingerprint density at radius 3 is 2.90 bits per heavy atom. The summed E-state index contributed by atoms with van der Waals surface area (Å²) in [5.41, 5.74) is 5.95. The second-order valence-corrected chi connectivity index (χ2v) is 5.24. The first-order valence-corrected chi connectivity index (χ1v) is 7.07.